The number of rotatable bonds is 6. The molecule has 0 spiro atoms. The lowest BCUT2D eigenvalue weighted by atomic mass is 9.87. The molecule has 1 fully saturated rings. The monoisotopic (exact) mass is 272 g/mol. The highest BCUT2D eigenvalue weighted by Gasteiger charge is 2.46. The molecule has 1 aliphatic rings. The average Bonchev–Trinajstić information content (AvgIpc) is 2.38. The van der Waals surface area contributed by atoms with Gasteiger partial charge in [0.2, 0.25) is 11.8 Å². The average molecular weight is 272 g/mol. The molecule has 0 bridgehead atoms. The van der Waals surface area contributed by atoms with Crippen LogP contribution in [-0.2, 0) is 9.59 Å². The standard InChI is InChI=1S/C13H24N2O2S/c1-5-13(6-2)12(17)15(8-9-18-7-3)10(4)11(16)14-13/h10H,5-9H2,1-4H3,(H,14,16). The van der Waals surface area contributed by atoms with Crippen LogP contribution >= 0.6 is 11.8 Å². The van der Waals surface area contributed by atoms with Crippen LogP contribution in [0.15, 0.2) is 0 Å². The molecule has 1 rings (SSSR count). The van der Waals surface area contributed by atoms with Crippen molar-refractivity contribution in [3.8, 4) is 0 Å². The van der Waals surface area contributed by atoms with Crippen LogP contribution in [0.3, 0.4) is 0 Å². The van der Waals surface area contributed by atoms with E-state index in [1.807, 2.05) is 13.8 Å². The predicted molar refractivity (Wildman–Crippen MR) is 75.6 cm³/mol. The molecule has 4 nitrogen and oxygen atoms in total. The highest BCUT2D eigenvalue weighted by molar-refractivity contribution is 7.99. The van der Waals surface area contributed by atoms with Crippen molar-refractivity contribution in [3.05, 3.63) is 0 Å². The zero-order valence-electron chi connectivity index (χ0n) is 11.8. The first kappa shape index (κ1) is 15.3. The van der Waals surface area contributed by atoms with E-state index in [9.17, 15) is 9.59 Å². The summed E-state index contributed by atoms with van der Waals surface area (Å²) in [6, 6.07) is -0.346. The molecule has 104 valence electrons. The molecule has 1 N–H and O–H groups in total. The van der Waals surface area contributed by atoms with Gasteiger partial charge in [-0.25, -0.2) is 0 Å². The van der Waals surface area contributed by atoms with E-state index in [2.05, 4.69) is 12.2 Å². The van der Waals surface area contributed by atoms with Gasteiger partial charge in [0.1, 0.15) is 11.6 Å². The number of hydrogen-bond acceptors (Lipinski definition) is 3. The fraction of sp³-hybridized carbons (Fsp3) is 0.846. The molecule has 0 aromatic rings. The Morgan fingerprint density at radius 1 is 1.28 bits per heavy atom. The largest absolute Gasteiger partial charge is 0.340 e. The molecule has 0 aromatic carbocycles. The Balaban J connectivity index is 2.85. The normalized spacial score (nSPS) is 23.1. The Morgan fingerprint density at radius 2 is 1.89 bits per heavy atom. The number of thioether (sulfide) groups is 1. The second-order valence-electron chi connectivity index (χ2n) is 4.65. The van der Waals surface area contributed by atoms with Gasteiger partial charge >= 0.3 is 0 Å². The van der Waals surface area contributed by atoms with Gasteiger partial charge in [-0.3, -0.25) is 9.59 Å². The molecule has 0 aromatic heterocycles. The minimum absolute atomic E-state index is 0.0280. The number of amides is 2. The van der Waals surface area contributed by atoms with Crippen LogP contribution < -0.4 is 5.32 Å². The SMILES string of the molecule is CCSCCN1C(=O)C(CC)(CC)NC(=O)C1C. The van der Waals surface area contributed by atoms with Gasteiger partial charge in [0, 0.05) is 12.3 Å². The molecular weight excluding hydrogens is 248 g/mol. The third kappa shape index (κ3) is 2.82. The fourth-order valence-electron chi connectivity index (χ4n) is 2.32. The van der Waals surface area contributed by atoms with Gasteiger partial charge in [-0.2, -0.15) is 11.8 Å². The van der Waals surface area contributed by atoms with Crippen LogP contribution in [0.5, 0.6) is 0 Å². The van der Waals surface area contributed by atoms with Crippen LogP contribution in [0.1, 0.15) is 40.5 Å². The van der Waals surface area contributed by atoms with E-state index in [0.29, 0.717) is 19.4 Å². The highest BCUT2D eigenvalue weighted by Crippen LogP contribution is 2.25. The summed E-state index contributed by atoms with van der Waals surface area (Å²) < 4.78 is 0. The Hall–Kier alpha value is -0.710. The molecule has 5 heteroatoms. The number of hydrogen-bond donors (Lipinski definition) is 1. The summed E-state index contributed by atoms with van der Waals surface area (Å²) in [5, 5.41) is 2.91. The maximum Gasteiger partial charge on any atom is 0.249 e. The third-order valence-corrected chi connectivity index (χ3v) is 4.65. The van der Waals surface area contributed by atoms with Gasteiger partial charge in [-0.1, -0.05) is 20.8 Å². The molecule has 1 unspecified atom stereocenters. The maximum atomic E-state index is 12.6. The number of carbonyl (C=O) groups is 2. The minimum atomic E-state index is -0.680. The van der Waals surface area contributed by atoms with E-state index < -0.39 is 5.54 Å². The van der Waals surface area contributed by atoms with Crippen LogP contribution in [0.25, 0.3) is 0 Å². The molecular formula is C13H24N2O2S. The van der Waals surface area contributed by atoms with Crippen molar-refractivity contribution in [1.82, 2.24) is 10.2 Å². The van der Waals surface area contributed by atoms with Crippen molar-refractivity contribution in [2.24, 2.45) is 0 Å². The van der Waals surface area contributed by atoms with Crippen molar-refractivity contribution < 1.29 is 9.59 Å². The molecule has 0 aliphatic carbocycles. The first-order chi connectivity index (χ1) is 8.52. The lowest BCUT2D eigenvalue weighted by molar-refractivity contribution is -0.154. The van der Waals surface area contributed by atoms with E-state index >= 15 is 0 Å². The second-order valence-corrected chi connectivity index (χ2v) is 6.04. The van der Waals surface area contributed by atoms with Gasteiger partial charge in [-0.05, 0) is 25.5 Å². The summed E-state index contributed by atoms with van der Waals surface area (Å²) in [6.07, 6.45) is 1.30. The Bertz CT molecular complexity index is 316. The molecule has 1 aliphatic heterocycles. The molecule has 18 heavy (non-hydrogen) atoms. The number of carbonyl (C=O) groups excluding carboxylic acids is 2. The van der Waals surface area contributed by atoms with Gasteiger partial charge in [0.25, 0.3) is 0 Å². The van der Waals surface area contributed by atoms with Crippen LogP contribution in [-0.4, -0.2) is 46.3 Å². The summed E-state index contributed by atoms with van der Waals surface area (Å²) >= 11 is 1.80. The lowest BCUT2D eigenvalue weighted by Gasteiger charge is -2.44. The summed E-state index contributed by atoms with van der Waals surface area (Å²) in [5.74, 6) is 1.98. The third-order valence-electron chi connectivity index (χ3n) is 3.77. The van der Waals surface area contributed by atoms with E-state index in [0.717, 1.165) is 11.5 Å². The maximum absolute atomic E-state index is 12.6. The highest BCUT2D eigenvalue weighted by atomic mass is 32.2. The number of nitrogens with one attached hydrogen (secondary N) is 1. The summed E-state index contributed by atoms with van der Waals surface area (Å²) in [4.78, 5) is 26.3. The number of nitrogens with zero attached hydrogens (tertiary/aromatic N) is 1. The lowest BCUT2D eigenvalue weighted by Crippen LogP contribution is -2.69. The zero-order chi connectivity index (χ0) is 13.8. The summed E-state index contributed by atoms with van der Waals surface area (Å²) in [6.45, 7) is 8.47. The van der Waals surface area contributed by atoms with Crippen LogP contribution in [0, 0.1) is 0 Å². The topological polar surface area (TPSA) is 49.4 Å². The Labute approximate surface area is 114 Å². The van der Waals surface area contributed by atoms with Crippen molar-refractivity contribution in [3.63, 3.8) is 0 Å². The Kier molecular flexibility index (Phi) is 5.50. The van der Waals surface area contributed by atoms with Crippen molar-refractivity contribution in [2.75, 3.05) is 18.1 Å². The first-order valence-corrected chi connectivity index (χ1v) is 7.88. The summed E-state index contributed by atoms with van der Waals surface area (Å²) in [7, 11) is 0. The van der Waals surface area contributed by atoms with E-state index in [1.165, 1.54) is 0 Å². The Morgan fingerprint density at radius 3 is 2.39 bits per heavy atom. The van der Waals surface area contributed by atoms with Gasteiger partial charge in [-0.15, -0.1) is 0 Å². The quantitative estimate of drug-likeness (QED) is 0.748. The molecule has 0 saturated carbocycles. The van der Waals surface area contributed by atoms with Crippen molar-refractivity contribution in [1.29, 1.82) is 0 Å². The molecule has 1 atom stereocenters. The van der Waals surface area contributed by atoms with E-state index in [4.69, 9.17) is 0 Å². The van der Waals surface area contributed by atoms with Gasteiger partial charge < -0.3 is 10.2 Å². The van der Waals surface area contributed by atoms with Crippen molar-refractivity contribution in [2.45, 2.75) is 52.1 Å². The summed E-state index contributed by atoms with van der Waals surface area (Å²) in [5.41, 5.74) is -0.680. The minimum Gasteiger partial charge on any atom is -0.340 e. The van der Waals surface area contributed by atoms with Gasteiger partial charge in [0.05, 0.1) is 0 Å². The van der Waals surface area contributed by atoms with Crippen LogP contribution in [0.2, 0.25) is 0 Å². The molecule has 1 heterocycles. The smallest absolute Gasteiger partial charge is 0.249 e. The van der Waals surface area contributed by atoms with Gasteiger partial charge in [0.15, 0.2) is 0 Å². The first-order valence-electron chi connectivity index (χ1n) is 6.73. The second kappa shape index (κ2) is 6.45. The number of piperazine rings is 1. The van der Waals surface area contributed by atoms with Crippen LogP contribution in [0.4, 0.5) is 0 Å². The fourth-order valence-corrected chi connectivity index (χ4v) is 2.93. The molecule has 1 saturated heterocycles. The molecule has 2 amide bonds. The molecule has 0 radical (unpaired) electrons. The van der Waals surface area contributed by atoms with E-state index in [-0.39, 0.29) is 17.9 Å². The predicted octanol–water partition coefficient (Wildman–Crippen LogP) is 1.65. The van der Waals surface area contributed by atoms with Crippen molar-refractivity contribution >= 4 is 23.6 Å². The van der Waals surface area contributed by atoms with E-state index in [1.54, 1.807) is 23.6 Å². The zero-order valence-corrected chi connectivity index (χ0v) is 12.6.